The number of para-hydroxylation sites is 3. The van der Waals surface area contributed by atoms with Crippen molar-refractivity contribution in [3.63, 3.8) is 0 Å². The van der Waals surface area contributed by atoms with Crippen LogP contribution in [0, 0.1) is 6.92 Å². The molecular weight excluding hydrogens is 695 g/mol. The molecule has 5 nitrogen and oxygen atoms in total. The predicted molar refractivity (Wildman–Crippen MR) is 235 cm³/mol. The molecule has 0 aliphatic heterocycles. The molecule has 0 spiro atoms. The smallest absolute Gasteiger partial charge is 0.164 e. The van der Waals surface area contributed by atoms with Crippen LogP contribution >= 0.6 is 0 Å². The molecule has 0 bridgehead atoms. The molecule has 5 heteroatoms. The minimum Gasteiger partial charge on any atom is -0.309 e. The second-order valence-electron chi connectivity index (χ2n) is 14.5. The number of rotatable bonds is 6. The molecule has 0 aliphatic carbocycles. The van der Waals surface area contributed by atoms with Crippen LogP contribution in [-0.4, -0.2) is 24.1 Å². The molecule has 11 aromatic rings. The maximum atomic E-state index is 5.12. The Morgan fingerprint density at radius 3 is 1.60 bits per heavy atom. The van der Waals surface area contributed by atoms with Crippen molar-refractivity contribution in [2.24, 2.45) is 0 Å². The average molecular weight is 730 g/mol. The number of benzene rings is 8. The Labute approximate surface area is 329 Å². The summed E-state index contributed by atoms with van der Waals surface area (Å²) >= 11 is 0. The van der Waals surface area contributed by atoms with Crippen LogP contribution in [0.4, 0.5) is 0 Å². The number of nitrogens with zero attached hydrogens (tertiary/aromatic N) is 5. The second-order valence-corrected chi connectivity index (χ2v) is 14.5. The van der Waals surface area contributed by atoms with E-state index in [0.717, 1.165) is 44.7 Å². The molecule has 0 atom stereocenters. The first kappa shape index (κ1) is 32.8. The van der Waals surface area contributed by atoms with Gasteiger partial charge in [-0.25, -0.2) is 15.0 Å². The van der Waals surface area contributed by atoms with Crippen LogP contribution in [0.3, 0.4) is 0 Å². The molecule has 11 rings (SSSR count). The SMILES string of the molecule is Cc1cccc(-c2cc(-c3nc(-c4ccccc4)nc(-c4ccccc4)n3)ccc2-n2c3ccccc3c3ccc4c(c5ccccc5n4-c4ccccc4)c32)c1. The zero-order valence-electron chi connectivity index (χ0n) is 31.2. The number of hydrogen-bond acceptors (Lipinski definition) is 3. The van der Waals surface area contributed by atoms with Crippen LogP contribution in [0.1, 0.15) is 5.56 Å². The Hall–Kier alpha value is -7.63. The van der Waals surface area contributed by atoms with Crippen LogP contribution in [0.25, 0.3) is 100 Å². The summed E-state index contributed by atoms with van der Waals surface area (Å²) in [5, 5.41) is 4.86. The van der Waals surface area contributed by atoms with Crippen LogP contribution in [-0.2, 0) is 0 Å². The molecule has 3 aromatic heterocycles. The van der Waals surface area contributed by atoms with Gasteiger partial charge in [0.1, 0.15) is 0 Å². The molecule has 8 aromatic carbocycles. The van der Waals surface area contributed by atoms with Gasteiger partial charge in [-0.15, -0.1) is 0 Å². The summed E-state index contributed by atoms with van der Waals surface area (Å²) in [4.78, 5) is 15.2. The van der Waals surface area contributed by atoms with E-state index in [2.05, 4.69) is 150 Å². The van der Waals surface area contributed by atoms with Gasteiger partial charge in [0.2, 0.25) is 0 Å². The average Bonchev–Trinajstić information content (AvgIpc) is 3.80. The summed E-state index contributed by atoms with van der Waals surface area (Å²) in [6.07, 6.45) is 0. The fraction of sp³-hybridized carbons (Fsp3) is 0.0192. The zero-order valence-corrected chi connectivity index (χ0v) is 31.2. The summed E-state index contributed by atoms with van der Waals surface area (Å²) in [5.74, 6) is 1.90. The third-order valence-corrected chi connectivity index (χ3v) is 11.0. The van der Waals surface area contributed by atoms with Crippen molar-refractivity contribution in [2.45, 2.75) is 6.92 Å². The Kier molecular flexibility index (Phi) is 7.64. The van der Waals surface area contributed by atoms with E-state index >= 15 is 0 Å². The van der Waals surface area contributed by atoms with Gasteiger partial charge in [-0.3, -0.25) is 0 Å². The molecule has 0 fully saturated rings. The van der Waals surface area contributed by atoms with Gasteiger partial charge in [0.25, 0.3) is 0 Å². The predicted octanol–water partition coefficient (Wildman–Crippen LogP) is 13.0. The summed E-state index contributed by atoms with van der Waals surface area (Å²) in [6, 6.07) is 68.6. The van der Waals surface area contributed by atoms with E-state index < -0.39 is 0 Å². The van der Waals surface area contributed by atoms with E-state index in [4.69, 9.17) is 15.0 Å². The number of fused-ring (bicyclic) bond motifs is 7. The molecule has 57 heavy (non-hydrogen) atoms. The van der Waals surface area contributed by atoms with Gasteiger partial charge in [0.15, 0.2) is 17.5 Å². The summed E-state index contributed by atoms with van der Waals surface area (Å²) in [7, 11) is 0. The van der Waals surface area contributed by atoms with Gasteiger partial charge in [0, 0.05) is 49.5 Å². The highest BCUT2D eigenvalue weighted by Gasteiger charge is 2.23. The Balaban J connectivity index is 1.23. The molecule has 0 saturated carbocycles. The Bertz CT molecular complexity index is 3230. The lowest BCUT2D eigenvalue weighted by Crippen LogP contribution is -2.02. The summed E-state index contributed by atoms with van der Waals surface area (Å²) < 4.78 is 4.88. The van der Waals surface area contributed by atoms with Crippen molar-refractivity contribution in [3.8, 4) is 56.7 Å². The highest BCUT2D eigenvalue weighted by atomic mass is 15.0. The van der Waals surface area contributed by atoms with Crippen molar-refractivity contribution in [3.05, 3.63) is 200 Å². The van der Waals surface area contributed by atoms with Crippen LogP contribution < -0.4 is 0 Å². The minimum atomic E-state index is 0.624. The lowest BCUT2D eigenvalue weighted by atomic mass is 9.98. The molecule has 0 radical (unpaired) electrons. The van der Waals surface area contributed by atoms with Gasteiger partial charge in [-0.1, -0.05) is 151 Å². The molecule has 3 heterocycles. The number of hydrogen-bond donors (Lipinski definition) is 0. The van der Waals surface area contributed by atoms with Gasteiger partial charge in [-0.2, -0.15) is 0 Å². The standard InChI is InChI=1S/C52H35N5/c1-34-16-15-21-37(32-34)43-33-38(52-54-50(35-17-5-2-6-18-35)53-51(55-52)36-19-7-3-8-20-36)28-30-46(43)57-44-26-13-11-24-40(44)41-29-31-47-48(49(41)57)42-25-12-14-27-45(42)56(47)39-22-9-4-10-23-39/h2-33H,1H3. The molecule has 0 aliphatic rings. The van der Waals surface area contributed by atoms with E-state index in [0.29, 0.717) is 17.5 Å². The van der Waals surface area contributed by atoms with E-state index in [-0.39, 0.29) is 0 Å². The van der Waals surface area contributed by atoms with Crippen molar-refractivity contribution < 1.29 is 0 Å². The lowest BCUT2D eigenvalue weighted by Gasteiger charge is -2.17. The first-order valence-electron chi connectivity index (χ1n) is 19.3. The molecule has 0 unspecified atom stereocenters. The molecular formula is C52H35N5. The zero-order chi connectivity index (χ0) is 37.9. The first-order chi connectivity index (χ1) is 28.2. The Morgan fingerprint density at radius 2 is 0.930 bits per heavy atom. The van der Waals surface area contributed by atoms with Crippen molar-refractivity contribution >= 4 is 43.6 Å². The first-order valence-corrected chi connectivity index (χ1v) is 19.3. The highest BCUT2D eigenvalue weighted by Crippen LogP contribution is 2.44. The molecule has 268 valence electrons. The van der Waals surface area contributed by atoms with Crippen molar-refractivity contribution in [1.29, 1.82) is 0 Å². The van der Waals surface area contributed by atoms with E-state index in [9.17, 15) is 0 Å². The lowest BCUT2D eigenvalue weighted by molar-refractivity contribution is 1.07. The largest absolute Gasteiger partial charge is 0.309 e. The van der Waals surface area contributed by atoms with Crippen molar-refractivity contribution in [1.82, 2.24) is 24.1 Å². The van der Waals surface area contributed by atoms with Gasteiger partial charge >= 0.3 is 0 Å². The topological polar surface area (TPSA) is 48.5 Å². The maximum Gasteiger partial charge on any atom is 0.164 e. The fourth-order valence-corrected chi connectivity index (χ4v) is 8.47. The summed E-state index contributed by atoms with van der Waals surface area (Å²) in [5.41, 5.74) is 13.1. The van der Waals surface area contributed by atoms with E-state index in [1.54, 1.807) is 0 Å². The van der Waals surface area contributed by atoms with Crippen LogP contribution in [0.5, 0.6) is 0 Å². The van der Waals surface area contributed by atoms with Gasteiger partial charge < -0.3 is 9.13 Å². The van der Waals surface area contributed by atoms with E-state index in [1.165, 1.54) is 43.7 Å². The fourth-order valence-electron chi connectivity index (χ4n) is 8.47. The van der Waals surface area contributed by atoms with Crippen LogP contribution in [0.2, 0.25) is 0 Å². The number of aromatic nitrogens is 5. The van der Waals surface area contributed by atoms with Gasteiger partial charge in [0.05, 0.1) is 27.8 Å². The molecule has 0 amide bonds. The molecule has 0 N–H and O–H groups in total. The molecule has 0 saturated heterocycles. The summed E-state index contributed by atoms with van der Waals surface area (Å²) in [6.45, 7) is 2.15. The normalized spacial score (nSPS) is 11.6. The van der Waals surface area contributed by atoms with Crippen molar-refractivity contribution in [2.75, 3.05) is 0 Å². The van der Waals surface area contributed by atoms with E-state index in [1.807, 2.05) is 60.7 Å². The number of aryl methyl sites for hydroxylation is 1. The van der Waals surface area contributed by atoms with Gasteiger partial charge in [-0.05, 0) is 61.0 Å². The minimum absolute atomic E-state index is 0.624. The Morgan fingerprint density at radius 1 is 0.368 bits per heavy atom. The monoisotopic (exact) mass is 729 g/mol. The highest BCUT2D eigenvalue weighted by molar-refractivity contribution is 6.26. The quantitative estimate of drug-likeness (QED) is 0.171. The van der Waals surface area contributed by atoms with Crippen LogP contribution in [0.15, 0.2) is 194 Å². The third-order valence-electron chi connectivity index (χ3n) is 11.0. The second kappa shape index (κ2) is 13.3. The maximum absolute atomic E-state index is 5.12. The third kappa shape index (κ3) is 5.43.